The van der Waals surface area contributed by atoms with Gasteiger partial charge < -0.3 is 0 Å². The van der Waals surface area contributed by atoms with Gasteiger partial charge in [-0.25, -0.2) is 5.06 Å². The highest BCUT2D eigenvalue weighted by Crippen LogP contribution is 2.22. The van der Waals surface area contributed by atoms with E-state index < -0.39 is 0 Å². The van der Waals surface area contributed by atoms with Crippen molar-refractivity contribution in [3.05, 3.63) is 54.4 Å². The molecule has 0 aliphatic carbocycles. The van der Waals surface area contributed by atoms with Gasteiger partial charge in [0.25, 0.3) is 0 Å². The minimum atomic E-state index is 0.703. The zero-order valence-corrected chi connectivity index (χ0v) is 8.46. The summed E-state index contributed by atoms with van der Waals surface area (Å²) < 4.78 is 0. The van der Waals surface area contributed by atoms with Crippen LogP contribution in [0.5, 0.6) is 0 Å². The number of anilines is 2. The Balaban J connectivity index is 2.29. The fraction of sp³-hybridized carbons (Fsp3) is 0.0833. The molecule has 1 aromatic carbocycles. The van der Waals surface area contributed by atoms with Crippen LogP contribution in [0.2, 0.25) is 0 Å². The minimum Gasteiger partial charge on any atom is -0.284 e. The van der Waals surface area contributed by atoms with Crippen molar-refractivity contribution in [2.45, 2.75) is 6.92 Å². The van der Waals surface area contributed by atoms with E-state index in [1.807, 2.05) is 31.2 Å². The highest BCUT2D eigenvalue weighted by atomic mass is 16.5. The topological polar surface area (TPSA) is 36.4 Å². The Hall–Kier alpha value is -1.87. The third-order valence-electron chi connectivity index (χ3n) is 2.19. The molecule has 0 aliphatic heterocycles. The second-order valence-corrected chi connectivity index (χ2v) is 3.35. The molecule has 3 nitrogen and oxygen atoms in total. The number of hydrogen-bond acceptors (Lipinski definition) is 3. The Labute approximate surface area is 88.6 Å². The summed E-state index contributed by atoms with van der Waals surface area (Å²) in [7, 11) is 0. The molecule has 76 valence electrons. The van der Waals surface area contributed by atoms with Gasteiger partial charge >= 0.3 is 0 Å². The highest BCUT2D eigenvalue weighted by Gasteiger charge is 2.04. The molecule has 1 N–H and O–H groups in total. The maximum atomic E-state index is 9.89. The van der Waals surface area contributed by atoms with Crippen molar-refractivity contribution >= 4 is 11.4 Å². The van der Waals surface area contributed by atoms with Crippen molar-refractivity contribution in [2.75, 3.05) is 5.06 Å². The molecule has 1 heterocycles. The van der Waals surface area contributed by atoms with Gasteiger partial charge in [0.05, 0.1) is 11.4 Å². The van der Waals surface area contributed by atoms with E-state index in [1.165, 1.54) is 5.56 Å². The Kier molecular flexibility index (Phi) is 2.65. The lowest BCUT2D eigenvalue weighted by Gasteiger charge is -2.16. The monoisotopic (exact) mass is 200 g/mol. The van der Waals surface area contributed by atoms with Crippen LogP contribution in [0.4, 0.5) is 11.4 Å². The Morgan fingerprint density at radius 2 is 1.47 bits per heavy atom. The molecule has 0 saturated heterocycles. The lowest BCUT2D eigenvalue weighted by atomic mass is 10.2. The molecule has 0 amide bonds. The van der Waals surface area contributed by atoms with E-state index in [9.17, 15) is 5.21 Å². The molecule has 0 saturated carbocycles. The number of aromatic nitrogens is 1. The summed E-state index contributed by atoms with van der Waals surface area (Å²) in [4.78, 5) is 3.90. The summed E-state index contributed by atoms with van der Waals surface area (Å²) in [5.41, 5.74) is 2.61. The van der Waals surface area contributed by atoms with Crippen LogP contribution >= 0.6 is 0 Å². The van der Waals surface area contributed by atoms with Crippen LogP contribution < -0.4 is 5.06 Å². The van der Waals surface area contributed by atoms with E-state index >= 15 is 0 Å². The van der Waals surface area contributed by atoms with Crippen LogP contribution in [0.25, 0.3) is 0 Å². The SMILES string of the molecule is Cc1ccc(N(O)c2ccncc2)cc1. The summed E-state index contributed by atoms with van der Waals surface area (Å²) in [6.07, 6.45) is 3.29. The molecule has 0 bridgehead atoms. The lowest BCUT2D eigenvalue weighted by molar-refractivity contribution is 0.301. The van der Waals surface area contributed by atoms with Gasteiger partial charge in [-0.15, -0.1) is 0 Å². The third kappa shape index (κ3) is 2.14. The molecule has 0 atom stereocenters. The molecule has 0 spiro atoms. The first kappa shape index (κ1) is 9.68. The number of nitrogens with zero attached hydrogens (tertiary/aromatic N) is 2. The third-order valence-corrected chi connectivity index (χ3v) is 2.19. The van der Waals surface area contributed by atoms with Gasteiger partial charge in [-0.2, -0.15) is 0 Å². The van der Waals surface area contributed by atoms with Crippen molar-refractivity contribution in [3.8, 4) is 0 Å². The summed E-state index contributed by atoms with van der Waals surface area (Å²) in [5, 5.41) is 11.0. The summed E-state index contributed by atoms with van der Waals surface area (Å²) >= 11 is 0. The first-order valence-corrected chi connectivity index (χ1v) is 4.73. The van der Waals surface area contributed by atoms with E-state index in [4.69, 9.17) is 0 Å². The van der Waals surface area contributed by atoms with Crippen LogP contribution in [-0.4, -0.2) is 10.2 Å². The standard InChI is InChI=1S/C12H12N2O/c1-10-2-4-11(5-3-10)14(15)12-6-8-13-9-7-12/h2-9,15H,1H3. The van der Waals surface area contributed by atoms with Gasteiger partial charge in [0.2, 0.25) is 0 Å². The normalized spacial score (nSPS) is 10.0. The maximum absolute atomic E-state index is 9.89. The van der Waals surface area contributed by atoms with Crippen molar-refractivity contribution < 1.29 is 5.21 Å². The van der Waals surface area contributed by atoms with Crippen LogP contribution in [-0.2, 0) is 0 Å². The first-order valence-electron chi connectivity index (χ1n) is 4.73. The molecule has 0 fully saturated rings. The Morgan fingerprint density at radius 1 is 0.933 bits per heavy atom. The van der Waals surface area contributed by atoms with E-state index in [1.54, 1.807) is 24.5 Å². The average molecular weight is 200 g/mol. The van der Waals surface area contributed by atoms with E-state index in [2.05, 4.69) is 4.98 Å². The number of rotatable bonds is 2. The number of pyridine rings is 1. The van der Waals surface area contributed by atoms with Gasteiger partial charge in [0, 0.05) is 12.4 Å². The van der Waals surface area contributed by atoms with Gasteiger partial charge in [0.15, 0.2) is 0 Å². The Bertz CT molecular complexity index is 425. The predicted molar refractivity (Wildman–Crippen MR) is 59.3 cm³/mol. The van der Waals surface area contributed by atoms with Crippen molar-refractivity contribution in [2.24, 2.45) is 0 Å². The number of aryl methyl sites for hydroxylation is 1. The highest BCUT2D eigenvalue weighted by molar-refractivity contribution is 5.59. The predicted octanol–water partition coefficient (Wildman–Crippen LogP) is 2.92. The maximum Gasteiger partial charge on any atom is 0.0723 e. The second-order valence-electron chi connectivity index (χ2n) is 3.35. The zero-order chi connectivity index (χ0) is 10.7. The van der Waals surface area contributed by atoms with Gasteiger partial charge in [-0.1, -0.05) is 17.7 Å². The minimum absolute atomic E-state index is 0.703. The smallest absolute Gasteiger partial charge is 0.0723 e. The quantitative estimate of drug-likeness (QED) is 0.757. The molecule has 2 rings (SSSR count). The van der Waals surface area contributed by atoms with Crippen molar-refractivity contribution in [1.82, 2.24) is 4.98 Å². The van der Waals surface area contributed by atoms with Crippen LogP contribution in [0.3, 0.4) is 0 Å². The number of benzene rings is 1. The van der Waals surface area contributed by atoms with Crippen molar-refractivity contribution in [3.63, 3.8) is 0 Å². The molecular formula is C12H12N2O. The largest absolute Gasteiger partial charge is 0.284 e. The van der Waals surface area contributed by atoms with Crippen molar-refractivity contribution in [1.29, 1.82) is 0 Å². The van der Waals surface area contributed by atoms with Gasteiger partial charge in [-0.3, -0.25) is 10.2 Å². The summed E-state index contributed by atoms with van der Waals surface area (Å²) in [6, 6.07) is 11.2. The zero-order valence-electron chi connectivity index (χ0n) is 8.46. The Morgan fingerprint density at radius 3 is 2.07 bits per heavy atom. The van der Waals surface area contributed by atoms with Crippen LogP contribution in [0.15, 0.2) is 48.8 Å². The van der Waals surface area contributed by atoms with E-state index in [-0.39, 0.29) is 0 Å². The second kappa shape index (κ2) is 4.11. The molecular weight excluding hydrogens is 188 g/mol. The lowest BCUT2D eigenvalue weighted by Crippen LogP contribution is -2.10. The van der Waals surface area contributed by atoms with Crippen LogP contribution in [0.1, 0.15) is 5.56 Å². The molecule has 0 radical (unpaired) electrons. The average Bonchev–Trinajstić information content (AvgIpc) is 2.30. The number of hydrogen-bond donors (Lipinski definition) is 1. The fourth-order valence-corrected chi connectivity index (χ4v) is 1.32. The van der Waals surface area contributed by atoms with Gasteiger partial charge in [0.1, 0.15) is 0 Å². The van der Waals surface area contributed by atoms with E-state index in [0.717, 1.165) is 10.8 Å². The molecule has 0 aliphatic rings. The summed E-state index contributed by atoms with van der Waals surface area (Å²) in [5.74, 6) is 0. The van der Waals surface area contributed by atoms with E-state index in [0.29, 0.717) is 5.69 Å². The van der Waals surface area contributed by atoms with Gasteiger partial charge in [-0.05, 0) is 31.2 Å². The van der Waals surface area contributed by atoms with Crippen LogP contribution in [0, 0.1) is 6.92 Å². The first-order chi connectivity index (χ1) is 7.27. The molecule has 0 unspecified atom stereocenters. The summed E-state index contributed by atoms with van der Waals surface area (Å²) in [6.45, 7) is 2.01. The fourth-order valence-electron chi connectivity index (χ4n) is 1.32. The molecule has 2 aromatic rings. The molecule has 3 heteroatoms. The molecule has 1 aromatic heterocycles. The molecule has 15 heavy (non-hydrogen) atoms.